The van der Waals surface area contributed by atoms with Crippen LogP contribution in [-0.2, 0) is 4.33 Å². The molecule has 1 nitrogen and oxygen atoms in total. The predicted molar refractivity (Wildman–Crippen MR) is 113 cm³/mol. The van der Waals surface area contributed by atoms with Gasteiger partial charge in [0.15, 0.2) is 10.1 Å². The molecule has 0 saturated heterocycles. The number of carbonyl (C=O) groups is 1. The standard InChI is InChI=1S/C23H15Cl3O/c24-22-20(21(27)17-13-7-8-14-18(17)23(22,25)26)19(15-9-3-1-4-10-15)16-11-5-2-6-12-16/h1-14,22H. The summed E-state index contributed by atoms with van der Waals surface area (Å²) < 4.78 is -1.41. The van der Waals surface area contributed by atoms with E-state index >= 15 is 0 Å². The first-order chi connectivity index (χ1) is 13.0. The van der Waals surface area contributed by atoms with Gasteiger partial charge in [-0.05, 0) is 16.7 Å². The Morgan fingerprint density at radius 3 is 1.78 bits per heavy atom. The van der Waals surface area contributed by atoms with Gasteiger partial charge in [-0.3, -0.25) is 4.79 Å². The predicted octanol–water partition coefficient (Wildman–Crippen LogP) is 6.62. The minimum Gasteiger partial charge on any atom is -0.289 e. The largest absolute Gasteiger partial charge is 0.289 e. The van der Waals surface area contributed by atoms with Crippen molar-refractivity contribution >= 4 is 46.2 Å². The molecule has 4 rings (SSSR count). The van der Waals surface area contributed by atoms with Crippen LogP contribution in [0, 0.1) is 0 Å². The SMILES string of the molecule is O=C1C(=C(c2ccccc2)c2ccccc2)C(Cl)C(Cl)(Cl)c2ccccc21. The average Bonchev–Trinajstić information content (AvgIpc) is 2.71. The second-order valence-corrected chi connectivity index (χ2v) is 8.20. The molecular formula is C23H15Cl3O. The van der Waals surface area contributed by atoms with Crippen molar-refractivity contribution in [1.82, 2.24) is 0 Å². The fourth-order valence-corrected chi connectivity index (χ4v) is 4.35. The number of carbonyl (C=O) groups excluding carboxylic acids is 1. The lowest BCUT2D eigenvalue weighted by Crippen LogP contribution is -2.37. The van der Waals surface area contributed by atoms with E-state index in [2.05, 4.69) is 0 Å². The molecule has 0 radical (unpaired) electrons. The smallest absolute Gasteiger partial charge is 0.191 e. The third kappa shape index (κ3) is 3.10. The number of alkyl halides is 3. The first-order valence-electron chi connectivity index (χ1n) is 8.53. The van der Waals surface area contributed by atoms with E-state index in [1.807, 2.05) is 60.7 Å². The maximum atomic E-state index is 13.4. The minimum absolute atomic E-state index is 0.148. The van der Waals surface area contributed by atoms with Gasteiger partial charge in [0, 0.05) is 16.7 Å². The van der Waals surface area contributed by atoms with Gasteiger partial charge < -0.3 is 0 Å². The first kappa shape index (κ1) is 18.3. The molecule has 1 aliphatic carbocycles. The van der Waals surface area contributed by atoms with E-state index in [0.29, 0.717) is 16.7 Å². The highest BCUT2D eigenvalue weighted by Gasteiger charge is 2.48. The zero-order valence-corrected chi connectivity index (χ0v) is 16.5. The van der Waals surface area contributed by atoms with Gasteiger partial charge in [-0.15, -0.1) is 11.6 Å². The van der Waals surface area contributed by atoms with Crippen LogP contribution in [0.4, 0.5) is 0 Å². The van der Waals surface area contributed by atoms with Gasteiger partial charge in [-0.1, -0.05) is 108 Å². The topological polar surface area (TPSA) is 17.1 Å². The number of ketones is 1. The van der Waals surface area contributed by atoms with Gasteiger partial charge in [0.05, 0.1) is 0 Å². The summed E-state index contributed by atoms with van der Waals surface area (Å²) in [6, 6.07) is 26.5. The number of Topliss-reactive ketones (excluding diaryl/α,β-unsaturated/α-hetero) is 1. The summed E-state index contributed by atoms with van der Waals surface area (Å²) in [7, 11) is 0. The Labute approximate surface area is 173 Å². The fourth-order valence-electron chi connectivity index (χ4n) is 3.48. The van der Waals surface area contributed by atoms with E-state index in [9.17, 15) is 4.79 Å². The van der Waals surface area contributed by atoms with E-state index in [4.69, 9.17) is 34.8 Å². The Morgan fingerprint density at radius 2 is 1.22 bits per heavy atom. The van der Waals surface area contributed by atoms with E-state index in [1.165, 1.54) is 0 Å². The molecule has 0 amide bonds. The summed E-state index contributed by atoms with van der Waals surface area (Å²) in [6.45, 7) is 0. The molecule has 4 heteroatoms. The van der Waals surface area contributed by atoms with E-state index in [-0.39, 0.29) is 5.78 Å². The second-order valence-electron chi connectivity index (χ2n) is 6.38. The van der Waals surface area contributed by atoms with Crippen LogP contribution in [0.2, 0.25) is 0 Å². The molecule has 0 bridgehead atoms. The number of benzene rings is 3. The lowest BCUT2D eigenvalue weighted by molar-refractivity contribution is 0.102. The van der Waals surface area contributed by atoms with Gasteiger partial charge >= 0.3 is 0 Å². The van der Waals surface area contributed by atoms with Gasteiger partial charge in [0.2, 0.25) is 0 Å². The first-order valence-corrected chi connectivity index (χ1v) is 9.72. The van der Waals surface area contributed by atoms with Crippen molar-refractivity contribution in [2.45, 2.75) is 9.71 Å². The quantitative estimate of drug-likeness (QED) is 0.341. The molecule has 27 heavy (non-hydrogen) atoms. The Hall–Kier alpha value is -2.06. The molecule has 0 aliphatic heterocycles. The van der Waals surface area contributed by atoms with Crippen molar-refractivity contribution in [1.29, 1.82) is 0 Å². The molecule has 0 N–H and O–H groups in total. The lowest BCUT2D eigenvalue weighted by Gasteiger charge is -2.35. The van der Waals surface area contributed by atoms with Crippen LogP contribution in [0.25, 0.3) is 5.57 Å². The molecule has 1 atom stereocenters. The third-order valence-electron chi connectivity index (χ3n) is 4.74. The fraction of sp³-hybridized carbons (Fsp3) is 0.0870. The van der Waals surface area contributed by atoms with Crippen LogP contribution < -0.4 is 0 Å². The van der Waals surface area contributed by atoms with E-state index < -0.39 is 9.71 Å². The maximum absolute atomic E-state index is 13.4. The van der Waals surface area contributed by atoms with Crippen LogP contribution in [0.15, 0.2) is 90.5 Å². The average molecular weight is 414 g/mol. The molecule has 0 fully saturated rings. The number of halogens is 3. The molecule has 0 saturated carbocycles. The minimum atomic E-state index is -1.41. The summed E-state index contributed by atoms with van der Waals surface area (Å²) in [5, 5.41) is -0.890. The highest BCUT2D eigenvalue weighted by Crippen LogP contribution is 2.51. The maximum Gasteiger partial charge on any atom is 0.191 e. The normalized spacial score (nSPS) is 18.1. The molecule has 3 aromatic rings. The number of hydrogen-bond acceptors (Lipinski definition) is 1. The van der Waals surface area contributed by atoms with E-state index in [1.54, 1.807) is 24.3 Å². The van der Waals surface area contributed by atoms with Crippen molar-refractivity contribution < 1.29 is 4.79 Å². The molecule has 0 aromatic heterocycles. The Bertz CT molecular complexity index is 982. The zero-order chi connectivity index (χ0) is 19.0. The van der Waals surface area contributed by atoms with Crippen molar-refractivity contribution in [3.05, 3.63) is 113 Å². The summed E-state index contributed by atoms with van der Waals surface area (Å²) in [5.41, 5.74) is 3.97. The number of rotatable bonds is 2. The number of allylic oxidation sites excluding steroid dienone is 1. The van der Waals surface area contributed by atoms with Crippen molar-refractivity contribution in [3.63, 3.8) is 0 Å². The zero-order valence-electron chi connectivity index (χ0n) is 14.2. The molecule has 1 unspecified atom stereocenters. The highest BCUT2D eigenvalue weighted by atomic mass is 35.5. The summed E-state index contributed by atoms with van der Waals surface area (Å²) in [4.78, 5) is 13.4. The van der Waals surface area contributed by atoms with Crippen LogP contribution >= 0.6 is 34.8 Å². The van der Waals surface area contributed by atoms with Crippen molar-refractivity contribution in [2.24, 2.45) is 0 Å². The third-order valence-corrected chi connectivity index (χ3v) is 6.35. The van der Waals surface area contributed by atoms with Gasteiger partial charge in [0.1, 0.15) is 5.38 Å². The molecule has 0 heterocycles. The van der Waals surface area contributed by atoms with Gasteiger partial charge in [-0.25, -0.2) is 0 Å². The van der Waals surface area contributed by atoms with Gasteiger partial charge in [0.25, 0.3) is 0 Å². The van der Waals surface area contributed by atoms with Gasteiger partial charge in [-0.2, -0.15) is 0 Å². The van der Waals surface area contributed by atoms with Crippen molar-refractivity contribution in [3.8, 4) is 0 Å². The van der Waals surface area contributed by atoms with Crippen LogP contribution in [0.3, 0.4) is 0 Å². The molecule has 1 aliphatic rings. The van der Waals surface area contributed by atoms with E-state index in [0.717, 1.165) is 16.7 Å². The number of fused-ring (bicyclic) bond motifs is 1. The molecular weight excluding hydrogens is 399 g/mol. The van der Waals surface area contributed by atoms with Crippen LogP contribution in [0.1, 0.15) is 27.0 Å². The Kier molecular flexibility index (Phi) is 4.86. The molecule has 0 spiro atoms. The van der Waals surface area contributed by atoms with Crippen LogP contribution in [0.5, 0.6) is 0 Å². The summed E-state index contributed by atoms with van der Waals surface area (Å²) >= 11 is 20.1. The Morgan fingerprint density at radius 1 is 0.741 bits per heavy atom. The monoisotopic (exact) mass is 412 g/mol. The second kappa shape index (κ2) is 7.16. The number of hydrogen-bond donors (Lipinski definition) is 0. The Balaban J connectivity index is 2.07. The van der Waals surface area contributed by atoms with Crippen molar-refractivity contribution in [2.75, 3.05) is 0 Å². The summed E-state index contributed by atoms with van der Waals surface area (Å²) in [5.74, 6) is -0.148. The highest BCUT2D eigenvalue weighted by molar-refractivity contribution is 6.54. The molecule has 134 valence electrons. The summed E-state index contributed by atoms with van der Waals surface area (Å²) in [6.07, 6.45) is 0. The van der Waals surface area contributed by atoms with Crippen LogP contribution in [-0.4, -0.2) is 11.2 Å². The molecule has 3 aromatic carbocycles. The lowest BCUT2D eigenvalue weighted by atomic mass is 9.80.